The number of halogens is 1. The number of rotatable bonds is 6. The SMILES string of the molecule is CCCCc1nc(Cl)cn1Cc1ccc(-c2ccccc2)c(C#N)c1. The highest BCUT2D eigenvalue weighted by molar-refractivity contribution is 6.29. The Morgan fingerprint density at radius 3 is 2.68 bits per heavy atom. The van der Waals surface area contributed by atoms with E-state index in [1.54, 1.807) is 0 Å². The maximum absolute atomic E-state index is 9.55. The summed E-state index contributed by atoms with van der Waals surface area (Å²) in [6.45, 7) is 2.83. The summed E-state index contributed by atoms with van der Waals surface area (Å²) in [4.78, 5) is 4.42. The molecule has 0 unspecified atom stereocenters. The average Bonchev–Trinajstić information content (AvgIpc) is 2.99. The third kappa shape index (κ3) is 4.10. The second-order valence-electron chi connectivity index (χ2n) is 6.07. The zero-order valence-electron chi connectivity index (χ0n) is 14.2. The van der Waals surface area contributed by atoms with Gasteiger partial charge in [0, 0.05) is 19.2 Å². The number of aryl methyl sites for hydroxylation is 1. The van der Waals surface area contributed by atoms with Crippen molar-refractivity contribution in [3.05, 3.63) is 76.8 Å². The molecule has 0 atom stereocenters. The fourth-order valence-electron chi connectivity index (χ4n) is 2.94. The third-order valence-electron chi connectivity index (χ3n) is 4.23. The first-order valence-electron chi connectivity index (χ1n) is 8.51. The maximum atomic E-state index is 9.55. The Labute approximate surface area is 153 Å². The summed E-state index contributed by atoms with van der Waals surface area (Å²) in [7, 11) is 0. The van der Waals surface area contributed by atoms with E-state index < -0.39 is 0 Å². The normalized spacial score (nSPS) is 10.6. The van der Waals surface area contributed by atoms with Crippen LogP contribution in [-0.2, 0) is 13.0 Å². The van der Waals surface area contributed by atoms with Crippen LogP contribution in [0.5, 0.6) is 0 Å². The fraction of sp³-hybridized carbons (Fsp3) is 0.238. The van der Waals surface area contributed by atoms with Crippen molar-refractivity contribution in [1.82, 2.24) is 9.55 Å². The molecule has 0 fully saturated rings. The smallest absolute Gasteiger partial charge is 0.147 e. The molecular formula is C21H20ClN3. The number of imidazole rings is 1. The van der Waals surface area contributed by atoms with Crippen LogP contribution in [0.1, 0.15) is 36.7 Å². The van der Waals surface area contributed by atoms with Gasteiger partial charge in [-0.3, -0.25) is 0 Å². The number of unbranched alkanes of at least 4 members (excludes halogenated alkanes) is 1. The Morgan fingerprint density at radius 1 is 1.16 bits per heavy atom. The highest BCUT2D eigenvalue weighted by Gasteiger charge is 2.10. The molecule has 3 aromatic rings. The minimum atomic E-state index is 0.521. The number of nitrogens with zero attached hydrogens (tertiary/aromatic N) is 3. The number of nitriles is 1. The van der Waals surface area contributed by atoms with Gasteiger partial charge >= 0.3 is 0 Å². The summed E-state index contributed by atoms with van der Waals surface area (Å²) in [5.41, 5.74) is 3.77. The van der Waals surface area contributed by atoms with Crippen LogP contribution in [0.4, 0.5) is 0 Å². The molecule has 0 saturated heterocycles. The van der Waals surface area contributed by atoms with Crippen LogP contribution in [-0.4, -0.2) is 9.55 Å². The van der Waals surface area contributed by atoms with Crippen LogP contribution in [0, 0.1) is 11.3 Å². The summed E-state index contributed by atoms with van der Waals surface area (Å²) < 4.78 is 2.08. The lowest BCUT2D eigenvalue weighted by Crippen LogP contribution is -2.05. The number of hydrogen-bond donors (Lipinski definition) is 0. The van der Waals surface area contributed by atoms with Crippen LogP contribution in [0.15, 0.2) is 54.7 Å². The Morgan fingerprint density at radius 2 is 1.96 bits per heavy atom. The average molecular weight is 350 g/mol. The first-order valence-corrected chi connectivity index (χ1v) is 8.89. The van der Waals surface area contributed by atoms with Gasteiger partial charge in [0.1, 0.15) is 11.0 Å². The minimum absolute atomic E-state index is 0.521. The van der Waals surface area contributed by atoms with E-state index in [4.69, 9.17) is 11.6 Å². The van der Waals surface area contributed by atoms with Gasteiger partial charge in [-0.2, -0.15) is 5.26 Å². The van der Waals surface area contributed by atoms with Gasteiger partial charge in [0.15, 0.2) is 0 Å². The zero-order valence-corrected chi connectivity index (χ0v) is 15.0. The Kier molecular flexibility index (Phi) is 5.53. The van der Waals surface area contributed by atoms with Crippen molar-refractivity contribution in [2.24, 2.45) is 0 Å². The molecular weight excluding hydrogens is 330 g/mol. The first-order chi connectivity index (χ1) is 12.2. The standard InChI is InChI=1S/C21H20ClN3/c1-2-3-9-21-24-20(22)15-25(21)14-16-10-11-19(18(12-16)13-23)17-7-5-4-6-8-17/h4-8,10-12,15H,2-3,9,14H2,1H3. The van der Waals surface area contributed by atoms with E-state index in [2.05, 4.69) is 28.6 Å². The van der Waals surface area contributed by atoms with Crippen LogP contribution in [0.2, 0.25) is 5.15 Å². The Hall–Kier alpha value is -2.57. The summed E-state index contributed by atoms with van der Waals surface area (Å²) in [6.07, 6.45) is 4.98. The molecule has 25 heavy (non-hydrogen) atoms. The fourth-order valence-corrected chi connectivity index (χ4v) is 3.15. The van der Waals surface area contributed by atoms with Crippen molar-refractivity contribution < 1.29 is 0 Å². The molecule has 0 amide bonds. The molecule has 3 rings (SSSR count). The van der Waals surface area contributed by atoms with Crippen LogP contribution in [0.25, 0.3) is 11.1 Å². The molecule has 0 spiro atoms. The van der Waals surface area contributed by atoms with Crippen molar-refractivity contribution >= 4 is 11.6 Å². The van der Waals surface area contributed by atoms with Crippen molar-refractivity contribution in [3.8, 4) is 17.2 Å². The molecule has 0 aliphatic heterocycles. The molecule has 0 aliphatic rings. The van der Waals surface area contributed by atoms with E-state index >= 15 is 0 Å². The van der Waals surface area contributed by atoms with Crippen molar-refractivity contribution in [2.75, 3.05) is 0 Å². The second kappa shape index (κ2) is 8.00. The number of aromatic nitrogens is 2. The van der Waals surface area contributed by atoms with Crippen molar-refractivity contribution in [1.29, 1.82) is 5.26 Å². The lowest BCUT2D eigenvalue weighted by Gasteiger charge is -2.10. The van der Waals surface area contributed by atoms with Gasteiger partial charge in [-0.25, -0.2) is 4.98 Å². The van der Waals surface area contributed by atoms with E-state index in [0.29, 0.717) is 17.3 Å². The summed E-state index contributed by atoms with van der Waals surface area (Å²) in [5, 5.41) is 10.1. The molecule has 0 saturated carbocycles. The van der Waals surface area contributed by atoms with Gasteiger partial charge < -0.3 is 4.57 Å². The second-order valence-corrected chi connectivity index (χ2v) is 6.46. The third-order valence-corrected chi connectivity index (χ3v) is 4.41. The summed E-state index contributed by atoms with van der Waals surface area (Å²) >= 11 is 6.09. The van der Waals surface area contributed by atoms with Crippen molar-refractivity contribution in [3.63, 3.8) is 0 Å². The quantitative estimate of drug-likeness (QED) is 0.592. The van der Waals surface area contributed by atoms with Gasteiger partial charge in [0.05, 0.1) is 11.6 Å². The maximum Gasteiger partial charge on any atom is 0.147 e. The molecule has 0 N–H and O–H groups in total. The monoisotopic (exact) mass is 349 g/mol. The molecule has 0 aliphatic carbocycles. The molecule has 1 heterocycles. The predicted molar refractivity (Wildman–Crippen MR) is 102 cm³/mol. The van der Waals surface area contributed by atoms with E-state index in [9.17, 15) is 5.26 Å². The topological polar surface area (TPSA) is 41.6 Å². The first kappa shape index (κ1) is 17.3. The Bertz CT molecular complexity index is 891. The molecule has 3 nitrogen and oxygen atoms in total. The molecule has 126 valence electrons. The van der Waals surface area contributed by atoms with Gasteiger partial charge in [-0.05, 0) is 29.2 Å². The lowest BCUT2D eigenvalue weighted by molar-refractivity contribution is 0.678. The molecule has 1 aromatic heterocycles. The number of benzene rings is 2. The van der Waals surface area contributed by atoms with E-state index in [1.165, 1.54) is 0 Å². The van der Waals surface area contributed by atoms with Crippen LogP contribution < -0.4 is 0 Å². The van der Waals surface area contributed by atoms with Gasteiger partial charge in [0.2, 0.25) is 0 Å². The predicted octanol–water partition coefficient (Wildman–Crippen LogP) is 5.47. The van der Waals surface area contributed by atoms with Gasteiger partial charge in [0.25, 0.3) is 0 Å². The van der Waals surface area contributed by atoms with Crippen LogP contribution >= 0.6 is 11.6 Å². The molecule has 2 aromatic carbocycles. The highest BCUT2D eigenvalue weighted by atomic mass is 35.5. The highest BCUT2D eigenvalue weighted by Crippen LogP contribution is 2.25. The minimum Gasteiger partial charge on any atom is -0.329 e. The van der Waals surface area contributed by atoms with E-state index in [-0.39, 0.29) is 0 Å². The van der Waals surface area contributed by atoms with Gasteiger partial charge in [-0.1, -0.05) is 67.4 Å². The number of hydrogen-bond acceptors (Lipinski definition) is 2. The van der Waals surface area contributed by atoms with E-state index in [0.717, 1.165) is 41.8 Å². The molecule has 0 bridgehead atoms. The van der Waals surface area contributed by atoms with Gasteiger partial charge in [-0.15, -0.1) is 0 Å². The summed E-state index contributed by atoms with van der Waals surface area (Å²) in [6, 6.07) is 18.4. The summed E-state index contributed by atoms with van der Waals surface area (Å²) in [5.74, 6) is 0.998. The zero-order chi connectivity index (χ0) is 17.6. The van der Waals surface area contributed by atoms with E-state index in [1.807, 2.05) is 48.7 Å². The largest absolute Gasteiger partial charge is 0.329 e. The molecule has 4 heteroatoms. The van der Waals surface area contributed by atoms with Crippen LogP contribution in [0.3, 0.4) is 0 Å². The lowest BCUT2D eigenvalue weighted by atomic mass is 9.98. The van der Waals surface area contributed by atoms with Crippen molar-refractivity contribution in [2.45, 2.75) is 32.7 Å². The Balaban J connectivity index is 1.89. The molecule has 0 radical (unpaired) electrons.